The highest BCUT2D eigenvalue weighted by atomic mass is 35.5. The van der Waals surface area contributed by atoms with E-state index in [1.54, 1.807) is 37.3 Å². The van der Waals surface area contributed by atoms with Gasteiger partial charge in [-0.3, -0.25) is 34.4 Å². The van der Waals surface area contributed by atoms with E-state index in [4.69, 9.17) is 37.9 Å². The van der Waals surface area contributed by atoms with E-state index in [9.17, 15) is 32.8 Å². The first-order valence-corrected chi connectivity index (χ1v) is 17.1. The van der Waals surface area contributed by atoms with Gasteiger partial charge in [0.05, 0.1) is 40.3 Å². The number of nitrogens with two attached hydrogens (primary N) is 1. The van der Waals surface area contributed by atoms with E-state index in [0.717, 1.165) is 22.7 Å². The third-order valence-electron chi connectivity index (χ3n) is 6.68. The number of nitrogens with one attached hydrogen (secondary N) is 1. The van der Waals surface area contributed by atoms with Crippen molar-refractivity contribution in [1.82, 2.24) is 5.43 Å². The molecule has 10 nitrogen and oxygen atoms in total. The Morgan fingerprint density at radius 3 is 1.71 bits per heavy atom. The van der Waals surface area contributed by atoms with E-state index < -0.39 is 5.91 Å². The van der Waals surface area contributed by atoms with Crippen molar-refractivity contribution in [3.05, 3.63) is 116 Å². The summed E-state index contributed by atoms with van der Waals surface area (Å²) >= 11 is 14.4. The fourth-order valence-corrected chi connectivity index (χ4v) is 7.25. The van der Waals surface area contributed by atoms with Gasteiger partial charge in [0, 0.05) is 25.9 Å². The molecule has 4 aromatic heterocycles. The summed E-state index contributed by atoms with van der Waals surface area (Å²) in [6.07, 6.45) is 2.84. The number of ketones is 4. The third-order valence-corrected chi connectivity index (χ3v) is 10.0. The molecule has 0 aliphatic rings. The molecule has 6 rings (SSSR count). The summed E-state index contributed by atoms with van der Waals surface area (Å²) in [6, 6.07) is 14.7. The van der Waals surface area contributed by atoms with Crippen LogP contribution in [0.5, 0.6) is 0 Å². The number of benzene rings is 2. The molecule has 0 spiro atoms. The van der Waals surface area contributed by atoms with Crippen LogP contribution in [0.25, 0.3) is 20.2 Å². The molecule has 0 saturated carbocycles. The Hall–Kier alpha value is -4.86. The number of nitrogens with zero attached hydrogens (tertiary/aromatic N) is 1. The molecular weight excluding hydrogens is 747 g/mol. The number of fused-ring (bicyclic) bond motifs is 2. The summed E-state index contributed by atoms with van der Waals surface area (Å²) in [6.45, 7) is 2.93. The first-order chi connectivity index (χ1) is 24.3. The molecule has 0 aliphatic heterocycles. The van der Waals surface area contributed by atoms with Gasteiger partial charge >= 0.3 is 0 Å². The molecular formula is C35H27Cl2F2N3O7S2. The summed E-state index contributed by atoms with van der Waals surface area (Å²) in [5.41, 5.74) is 2.52. The highest BCUT2D eigenvalue weighted by Gasteiger charge is 2.18. The average Bonchev–Trinajstić information content (AvgIpc) is 3.92. The van der Waals surface area contributed by atoms with Crippen LogP contribution in [0.1, 0.15) is 67.1 Å². The van der Waals surface area contributed by atoms with E-state index in [-0.39, 0.29) is 65.7 Å². The van der Waals surface area contributed by atoms with Crippen LogP contribution in [0, 0.1) is 11.6 Å². The smallest absolute Gasteiger partial charge is 0.276 e. The van der Waals surface area contributed by atoms with Gasteiger partial charge in [0.2, 0.25) is 11.6 Å². The van der Waals surface area contributed by atoms with Gasteiger partial charge in [-0.1, -0.05) is 23.2 Å². The lowest BCUT2D eigenvalue weighted by Gasteiger charge is -1.99. The van der Waals surface area contributed by atoms with Gasteiger partial charge < -0.3 is 8.83 Å². The quantitative estimate of drug-likeness (QED) is 0.0348. The molecule has 51 heavy (non-hydrogen) atoms. The van der Waals surface area contributed by atoms with E-state index in [1.807, 2.05) is 5.43 Å². The number of carbonyl (C=O) groups excluding carboxylic acids is 5. The zero-order chi connectivity index (χ0) is 37.2. The minimum atomic E-state index is -0.471. The second-order valence-electron chi connectivity index (χ2n) is 10.6. The Morgan fingerprint density at radius 2 is 1.24 bits per heavy atom. The predicted molar refractivity (Wildman–Crippen MR) is 194 cm³/mol. The highest BCUT2D eigenvalue weighted by Crippen LogP contribution is 2.36. The zero-order valence-electron chi connectivity index (χ0n) is 26.8. The van der Waals surface area contributed by atoms with Gasteiger partial charge in [0.15, 0.2) is 17.3 Å². The fraction of sp³-hybridized carbons (Fsp3) is 0.143. The first-order valence-electron chi connectivity index (χ1n) is 14.7. The summed E-state index contributed by atoms with van der Waals surface area (Å²) < 4.78 is 37.3. The molecule has 3 N–H and O–H groups in total. The molecule has 16 heteroatoms. The van der Waals surface area contributed by atoms with Gasteiger partial charge in [0.25, 0.3) is 5.91 Å². The largest absolute Gasteiger partial charge is 0.461 e. The maximum absolute atomic E-state index is 13.3. The van der Waals surface area contributed by atoms with Crippen molar-refractivity contribution in [2.45, 2.75) is 26.7 Å². The van der Waals surface area contributed by atoms with Gasteiger partial charge in [-0.25, -0.2) is 14.6 Å². The van der Waals surface area contributed by atoms with Crippen molar-refractivity contribution in [3.63, 3.8) is 0 Å². The number of halogens is 4. The SMILES string of the molecule is CC(=O)CC(=O)c1ccco1.CC(CC(=O)c1ccco1)=NCC(=O)c1sc2cc(F)ccc2c1Cl.NNC(=O)c1sc2cc(F)ccc2c1Cl. The van der Waals surface area contributed by atoms with E-state index in [1.165, 1.54) is 49.8 Å². The summed E-state index contributed by atoms with van der Waals surface area (Å²) in [5.74, 6) is 3.42. The number of aliphatic imine (C=N–C) groups is 1. The number of hydrazine groups is 1. The summed E-state index contributed by atoms with van der Waals surface area (Å²) in [4.78, 5) is 61.8. The van der Waals surface area contributed by atoms with Gasteiger partial charge in [-0.05, 0) is 74.5 Å². The van der Waals surface area contributed by atoms with Crippen molar-refractivity contribution in [3.8, 4) is 0 Å². The van der Waals surface area contributed by atoms with Crippen LogP contribution in [0.15, 0.2) is 87.0 Å². The van der Waals surface area contributed by atoms with E-state index >= 15 is 0 Å². The predicted octanol–water partition coefficient (Wildman–Crippen LogP) is 8.94. The van der Waals surface area contributed by atoms with Crippen molar-refractivity contribution < 1.29 is 41.6 Å². The van der Waals surface area contributed by atoms with Crippen LogP contribution >= 0.6 is 45.9 Å². The number of hydrogen-bond acceptors (Lipinski definition) is 11. The van der Waals surface area contributed by atoms with E-state index in [0.29, 0.717) is 45.7 Å². The molecule has 264 valence electrons. The Morgan fingerprint density at radius 1 is 0.745 bits per heavy atom. The van der Waals surface area contributed by atoms with Crippen LogP contribution in [0.4, 0.5) is 8.78 Å². The second-order valence-corrected chi connectivity index (χ2v) is 13.4. The van der Waals surface area contributed by atoms with Crippen molar-refractivity contribution >= 4 is 101 Å². The van der Waals surface area contributed by atoms with Crippen LogP contribution in [-0.4, -0.2) is 41.3 Å². The highest BCUT2D eigenvalue weighted by molar-refractivity contribution is 7.22. The standard InChI is InChI=1S/C18H13ClFNO3S.C9H6ClFN2OS.C8H8O3/c1-10(7-13(22)15-3-2-6-24-15)21-9-14(23)18-17(19)12-5-4-11(20)8-16(12)25-18;10-7-5-2-1-4(11)3-6(5)15-8(7)9(14)13-12;1-6(9)5-7(10)8-3-2-4-11-8/h2-6,8H,7,9H2,1H3;1-3H,12H2,(H,13,14);2-4H,5H2,1H3. The number of Topliss-reactive ketones (excluding diaryl/α,β-unsaturated/α-hetero) is 4. The average molecular weight is 775 g/mol. The molecule has 4 heterocycles. The lowest BCUT2D eigenvalue weighted by molar-refractivity contribution is -0.116. The third kappa shape index (κ3) is 10.3. The van der Waals surface area contributed by atoms with Crippen LogP contribution < -0.4 is 11.3 Å². The topological polar surface area (TPSA) is 162 Å². The number of carbonyl (C=O) groups is 5. The molecule has 0 unspecified atom stereocenters. The maximum atomic E-state index is 13.3. The number of furan rings is 2. The molecule has 0 saturated heterocycles. The minimum absolute atomic E-state index is 0.0755. The first kappa shape index (κ1) is 38.9. The molecule has 2 aromatic carbocycles. The Kier molecular flexibility index (Phi) is 13.6. The Labute approximate surface area is 306 Å². The maximum Gasteiger partial charge on any atom is 0.276 e. The molecule has 0 aliphatic carbocycles. The van der Waals surface area contributed by atoms with Crippen molar-refractivity contribution in [2.75, 3.05) is 6.54 Å². The number of rotatable bonds is 10. The summed E-state index contributed by atoms with van der Waals surface area (Å²) in [7, 11) is 0. The minimum Gasteiger partial charge on any atom is -0.461 e. The van der Waals surface area contributed by atoms with E-state index in [2.05, 4.69) is 4.99 Å². The number of nitrogen functional groups attached to an aromatic ring is 1. The normalized spacial score (nSPS) is 11.0. The molecule has 0 radical (unpaired) electrons. The van der Waals surface area contributed by atoms with Crippen molar-refractivity contribution in [2.24, 2.45) is 10.8 Å². The number of amides is 1. The lowest BCUT2D eigenvalue weighted by atomic mass is 10.1. The molecule has 0 atom stereocenters. The zero-order valence-corrected chi connectivity index (χ0v) is 29.9. The van der Waals surface area contributed by atoms with Gasteiger partial charge in [-0.2, -0.15) is 0 Å². The number of hydrogen-bond donors (Lipinski definition) is 2. The molecule has 0 fully saturated rings. The monoisotopic (exact) mass is 773 g/mol. The molecule has 1 amide bonds. The summed E-state index contributed by atoms with van der Waals surface area (Å²) in [5, 5.41) is 1.91. The fourth-order valence-electron chi connectivity index (χ4n) is 4.31. The van der Waals surface area contributed by atoms with Crippen LogP contribution in [-0.2, 0) is 4.79 Å². The molecule has 6 aromatic rings. The van der Waals surface area contributed by atoms with Gasteiger partial charge in [-0.15, -0.1) is 22.7 Å². The number of thiophene rings is 2. The second kappa shape index (κ2) is 17.9. The van der Waals surface area contributed by atoms with Crippen LogP contribution in [0.2, 0.25) is 10.0 Å². The lowest BCUT2D eigenvalue weighted by Crippen LogP contribution is -2.29. The Bertz CT molecular complexity index is 2250. The van der Waals surface area contributed by atoms with Gasteiger partial charge in [0.1, 0.15) is 28.8 Å². The molecule has 0 bridgehead atoms. The van der Waals surface area contributed by atoms with Crippen LogP contribution in [0.3, 0.4) is 0 Å². The Balaban J connectivity index is 0.000000190. The van der Waals surface area contributed by atoms with Crippen molar-refractivity contribution in [1.29, 1.82) is 0 Å².